The van der Waals surface area contributed by atoms with E-state index in [1.54, 1.807) is 30.3 Å². The summed E-state index contributed by atoms with van der Waals surface area (Å²) in [5.74, 6) is -6.64. The summed E-state index contributed by atoms with van der Waals surface area (Å²) in [4.78, 5) is 38.1. The molecule has 1 aliphatic rings. The van der Waals surface area contributed by atoms with E-state index in [-0.39, 0.29) is 17.5 Å². The van der Waals surface area contributed by atoms with Gasteiger partial charge in [0.1, 0.15) is 0 Å². The predicted molar refractivity (Wildman–Crippen MR) is 174 cm³/mol. The Morgan fingerprint density at radius 3 is 2.11 bits per heavy atom. The third kappa shape index (κ3) is 9.05. The van der Waals surface area contributed by atoms with Gasteiger partial charge in [-0.1, -0.05) is 74.3 Å². The van der Waals surface area contributed by atoms with Gasteiger partial charge in [-0.2, -0.15) is 8.78 Å². The highest BCUT2D eigenvalue weighted by molar-refractivity contribution is 6.35. The number of hydrogen-bond donors (Lipinski definition) is 3. The van der Waals surface area contributed by atoms with Crippen molar-refractivity contribution in [1.82, 2.24) is 5.32 Å². The van der Waals surface area contributed by atoms with Crippen LogP contribution >= 0.6 is 23.2 Å². The molecule has 45 heavy (non-hydrogen) atoms. The number of aliphatic carboxylic acids is 1. The van der Waals surface area contributed by atoms with Gasteiger partial charge < -0.3 is 15.7 Å². The van der Waals surface area contributed by atoms with E-state index < -0.39 is 30.4 Å². The lowest BCUT2D eigenvalue weighted by atomic mass is 9.72. The predicted octanol–water partition coefficient (Wildman–Crippen LogP) is 8.91. The van der Waals surface area contributed by atoms with Crippen LogP contribution in [0.15, 0.2) is 72.8 Å². The van der Waals surface area contributed by atoms with Gasteiger partial charge in [0.15, 0.2) is 0 Å². The Bertz CT molecular complexity index is 1570. The first kappa shape index (κ1) is 33.9. The number of carbonyl (C=O) groups is 3. The van der Waals surface area contributed by atoms with Crippen LogP contribution < -0.4 is 15.5 Å². The summed E-state index contributed by atoms with van der Waals surface area (Å²) in [6.45, 7) is 5.58. The second-order valence-corrected chi connectivity index (χ2v) is 13.1. The number of amides is 3. The summed E-state index contributed by atoms with van der Waals surface area (Å²) < 4.78 is 26.8. The molecular weight excluding hydrogens is 623 g/mol. The van der Waals surface area contributed by atoms with E-state index in [1.165, 1.54) is 22.6 Å². The van der Waals surface area contributed by atoms with E-state index in [9.17, 15) is 23.2 Å². The Balaban J connectivity index is 1.54. The molecular formula is C34H35Cl2F2N3O4. The summed E-state index contributed by atoms with van der Waals surface area (Å²) in [5.41, 5.74) is 4.36. The highest BCUT2D eigenvalue weighted by atomic mass is 35.5. The lowest BCUT2D eigenvalue weighted by molar-refractivity contribution is -0.163. The molecule has 4 rings (SSSR count). The molecule has 1 aliphatic carbocycles. The van der Waals surface area contributed by atoms with Gasteiger partial charge in [0.05, 0.1) is 13.1 Å². The van der Waals surface area contributed by atoms with Gasteiger partial charge in [-0.25, -0.2) is 9.59 Å². The molecule has 0 aliphatic heterocycles. The molecule has 1 unspecified atom stereocenters. The summed E-state index contributed by atoms with van der Waals surface area (Å²) in [7, 11) is 0. The van der Waals surface area contributed by atoms with Crippen molar-refractivity contribution < 1.29 is 28.3 Å². The van der Waals surface area contributed by atoms with Crippen LogP contribution in [0.3, 0.4) is 0 Å². The Kier molecular flexibility index (Phi) is 10.6. The average molecular weight is 659 g/mol. The van der Waals surface area contributed by atoms with Crippen molar-refractivity contribution in [3.8, 4) is 0 Å². The number of nitrogens with zero attached hydrogens (tertiary/aromatic N) is 1. The van der Waals surface area contributed by atoms with E-state index in [1.807, 2.05) is 29.6 Å². The van der Waals surface area contributed by atoms with Gasteiger partial charge >= 0.3 is 17.9 Å². The van der Waals surface area contributed by atoms with Crippen LogP contribution in [0.5, 0.6) is 0 Å². The van der Waals surface area contributed by atoms with Crippen LogP contribution in [0.1, 0.15) is 61.5 Å². The topological polar surface area (TPSA) is 98.7 Å². The van der Waals surface area contributed by atoms with Crippen LogP contribution in [0.2, 0.25) is 10.0 Å². The lowest BCUT2D eigenvalue weighted by Crippen LogP contribution is -2.42. The average Bonchev–Trinajstić information content (AvgIpc) is 2.98. The molecule has 0 saturated carbocycles. The number of benzene rings is 3. The van der Waals surface area contributed by atoms with Crippen molar-refractivity contribution >= 4 is 58.1 Å². The fourth-order valence-corrected chi connectivity index (χ4v) is 5.67. The first-order valence-electron chi connectivity index (χ1n) is 14.4. The number of urea groups is 1. The number of carboxylic acid groups (broad SMARTS) is 1. The fraction of sp³-hybridized carbons (Fsp3) is 0.324. The molecule has 0 spiro atoms. The molecule has 0 heterocycles. The summed E-state index contributed by atoms with van der Waals surface area (Å²) in [5, 5.41) is 14.1. The SMILES string of the molecule is CC(C)(C)C1CC=C(c2ccc(N(Cc3ccc(C(=O)NCC(F)(F)C(=O)O)cc3)C(=O)Nc3cc(Cl)cc(Cl)c3)cc2)CC1. The first-order valence-corrected chi connectivity index (χ1v) is 15.2. The van der Waals surface area contributed by atoms with E-state index in [4.69, 9.17) is 28.3 Å². The zero-order valence-electron chi connectivity index (χ0n) is 25.2. The van der Waals surface area contributed by atoms with Crippen molar-refractivity contribution in [2.45, 2.75) is 52.5 Å². The molecule has 3 aromatic rings. The Morgan fingerprint density at radius 2 is 1.58 bits per heavy atom. The van der Waals surface area contributed by atoms with Crippen LogP contribution in [0, 0.1) is 11.3 Å². The molecule has 0 radical (unpaired) electrons. The number of carboxylic acids is 1. The number of nitrogens with one attached hydrogen (secondary N) is 2. The molecule has 3 aromatic carbocycles. The largest absolute Gasteiger partial charge is 0.477 e. The molecule has 0 fully saturated rings. The fourth-order valence-electron chi connectivity index (χ4n) is 5.15. The smallest absolute Gasteiger partial charge is 0.376 e. The van der Waals surface area contributed by atoms with Crippen molar-refractivity contribution in [2.75, 3.05) is 16.8 Å². The zero-order chi connectivity index (χ0) is 32.9. The molecule has 0 saturated heterocycles. The Morgan fingerprint density at radius 1 is 0.956 bits per heavy atom. The normalized spacial score (nSPS) is 15.2. The maximum Gasteiger partial charge on any atom is 0.376 e. The minimum atomic E-state index is -4.09. The maximum absolute atomic E-state index is 13.6. The van der Waals surface area contributed by atoms with Gasteiger partial charge in [0.25, 0.3) is 5.91 Å². The van der Waals surface area contributed by atoms with E-state index >= 15 is 0 Å². The van der Waals surface area contributed by atoms with Crippen LogP contribution in [-0.4, -0.2) is 35.5 Å². The number of halogens is 4. The number of allylic oxidation sites excluding steroid dienone is 2. The molecule has 0 bridgehead atoms. The first-order chi connectivity index (χ1) is 21.1. The van der Waals surface area contributed by atoms with Crippen molar-refractivity contribution in [3.63, 3.8) is 0 Å². The van der Waals surface area contributed by atoms with E-state index in [0.717, 1.165) is 24.8 Å². The van der Waals surface area contributed by atoms with Gasteiger partial charge in [-0.15, -0.1) is 0 Å². The van der Waals surface area contributed by atoms with Crippen molar-refractivity contribution in [3.05, 3.63) is 99.5 Å². The van der Waals surface area contributed by atoms with Gasteiger partial charge in [-0.05, 0) is 89.8 Å². The molecule has 0 aromatic heterocycles. The monoisotopic (exact) mass is 657 g/mol. The van der Waals surface area contributed by atoms with Gasteiger partial charge in [0.2, 0.25) is 0 Å². The minimum absolute atomic E-state index is 0.0586. The molecule has 7 nitrogen and oxygen atoms in total. The van der Waals surface area contributed by atoms with Crippen LogP contribution in [0.4, 0.5) is 25.0 Å². The number of alkyl halides is 2. The van der Waals surface area contributed by atoms with Crippen LogP contribution in [0.25, 0.3) is 5.57 Å². The zero-order valence-corrected chi connectivity index (χ0v) is 26.7. The highest BCUT2D eigenvalue weighted by Gasteiger charge is 2.39. The highest BCUT2D eigenvalue weighted by Crippen LogP contribution is 2.40. The van der Waals surface area contributed by atoms with E-state index in [2.05, 4.69) is 32.2 Å². The second kappa shape index (κ2) is 14.0. The Hall–Kier alpha value is -3.95. The van der Waals surface area contributed by atoms with Crippen molar-refractivity contribution in [2.24, 2.45) is 11.3 Å². The van der Waals surface area contributed by atoms with Gasteiger partial charge in [-0.3, -0.25) is 9.69 Å². The van der Waals surface area contributed by atoms with Gasteiger partial charge in [0, 0.05) is 27.0 Å². The number of hydrogen-bond acceptors (Lipinski definition) is 3. The third-order valence-corrected chi connectivity index (χ3v) is 8.32. The molecule has 1 atom stereocenters. The number of carbonyl (C=O) groups excluding carboxylic acids is 2. The summed E-state index contributed by atoms with van der Waals surface area (Å²) in [6.07, 6.45) is 5.42. The second-order valence-electron chi connectivity index (χ2n) is 12.2. The van der Waals surface area contributed by atoms with E-state index in [0.29, 0.717) is 32.9 Å². The maximum atomic E-state index is 13.6. The Labute approximate surface area is 271 Å². The quantitative estimate of drug-likeness (QED) is 0.214. The van der Waals surface area contributed by atoms with Crippen LogP contribution in [-0.2, 0) is 11.3 Å². The van der Waals surface area contributed by atoms with Crippen molar-refractivity contribution in [1.29, 1.82) is 0 Å². The molecule has 11 heteroatoms. The third-order valence-electron chi connectivity index (χ3n) is 7.89. The molecule has 238 valence electrons. The molecule has 3 N–H and O–H groups in total. The number of rotatable bonds is 9. The summed E-state index contributed by atoms with van der Waals surface area (Å²) in [6, 6.07) is 18.0. The summed E-state index contributed by atoms with van der Waals surface area (Å²) >= 11 is 12.3. The lowest BCUT2D eigenvalue weighted by Gasteiger charge is -2.33. The number of anilines is 2. The minimum Gasteiger partial charge on any atom is -0.477 e. The molecule has 3 amide bonds. The standard InChI is InChI=1S/C34H35Cl2F2N3O4/c1-33(2,3)25-12-8-22(9-13-25)23-10-14-29(15-11-23)41(32(45)40-28-17-26(35)16-27(36)18-28)19-21-4-6-24(7-5-21)30(42)39-20-34(37,38)31(43)44/h4-8,10-11,14-18,25H,9,12-13,19-20H2,1-3H3,(H,39,42)(H,40,45)(H,43,44).